The van der Waals surface area contributed by atoms with Gasteiger partial charge < -0.3 is 15.4 Å². The number of ether oxygens (including phenoxy) is 1. The third-order valence-corrected chi connectivity index (χ3v) is 3.83. The lowest BCUT2D eigenvalue weighted by atomic mass is 10.1. The molecule has 2 aromatic carbocycles. The molecule has 2 rings (SSSR count). The number of anilines is 1. The first kappa shape index (κ1) is 17.2. The van der Waals surface area contributed by atoms with Crippen molar-refractivity contribution in [3.63, 3.8) is 0 Å². The minimum Gasteiger partial charge on any atom is -0.465 e. The van der Waals surface area contributed by atoms with Crippen LogP contribution in [0.15, 0.2) is 48.5 Å². The van der Waals surface area contributed by atoms with Crippen LogP contribution in [0.3, 0.4) is 0 Å². The van der Waals surface area contributed by atoms with Crippen molar-refractivity contribution in [3.05, 3.63) is 64.7 Å². The highest BCUT2D eigenvalue weighted by Crippen LogP contribution is 2.21. The summed E-state index contributed by atoms with van der Waals surface area (Å²) < 4.78 is 4.70. The molecule has 0 unspecified atom stereocenters. The molecular weight excluding hydrogens is 332 g/mol. The van der Waals surface area contributed by atoms with Gasteiger partial charge >= 0.3 is 5.97 Å². The highest BCUT2D eigenvalue weighted by molar-refractivity contribution is 7.80. The van der Waals surface area contributed by atoms with Crippen molar-refractivity contribution in [3.8, 4) is 0 Å². The maximum Gasteiger partial charge on any atom is 0.339 e. The van der Waals surface area contributed by atoms with E-state index in [1.54, 1.807) is 18.2 Å². The van der Waals surface area contributed by atoms with Gasteiger partial charge in [-0.05, 0) is 42.9 Å². The first-order chi connectivity index (χ1) is 11.0. The molecule has 0 saturated heterocycles. The third-order valence-electron chi connectivity index (χ3n) is 3.28. The van der Waals surface area contributed by atoms with Gasteiger partial charge in [0.05, 0.1) is 23.7 Å². The van der Waals surface area contributed by atoms with Gasteiger partial charge in [0.15, 0.2) is 5.11 Å². The molecule has 0 aromatic heterocycles. The van der Waals surface area contributed by atoms with Gasteiger partial charge in [0, 0.05) is 5.69 Å². The van der Waals surface area contributed by atoms with E-state index in [1.807, 2.05) is 37.3 Å². The minimum absolute atomic E-state index is 0.0589. The maximum atomic E-state index is 11.7. The van der Waals surface area contributed by atoms with Gasteiger partial charge in [0.2, 0.25) is 0 Å². The van der Waals surface area contributed by atoms with Crippen molar-refractivity contribution in [1.82, 2.24) is 5.32 Å². The minimum atomic E-state index is -0.491. The van der Waals surface area contributed by atoms with E-state index in [0.717, 1.165) is 5.56 Å². The Bertz CT molecular complexity index is 707. The first-order valence-corrected chi connectivity index (χ1v) is 7.80. The van der Waals surface area contributed by atoms with E-state index in [9.17, 15) is 4.79 Å². The van der Waals surface area contributed by atoms with Crippen molar-refractivity contribution in [2.75, 3.05) is 12.4 Å². The molecule has 6 heteroatoms. The largest absolute Gasteiger partial charge is 0.465 e. The number of nitrogens with one attached hydrogen (secondary N) is 2. The average Bonchev–Trinajstić information content (AvgIpc) is 2.56. The summed E-state index contributed by atoms with van der Waals surface area (Å²) in [6.07, 6.45) is 0. The van der Waals surface area contributed by atoms with Crippen LogP contribution >= 0.6 is 23.8 Å². The number of methoxy groups -OCH3 is 1. The predicted molar refractivity (Wildman–Crippen MR) is 97.0 cm³/mol. The van der Waals surface area contributed by atoms with E-state index in [0.29, 0.717) is 15.8 Å². The molecule has 0 aliphatic heterocycles. The van der Waals surface area contributed by atoms with Crippen molar-refractivity contribution < 1.29 is 9.53 Å². The summed E-state index contributed by atoms with van der Waals surface area (Å²) >= 11 is 11.3. The second kappa shape index (κ2) is 7.94. The fourth-order valence-electron chi connectivity index (χ4n) is 2.06. The van der Waals surface area contributed by atoms with Crippen LogP contribution < -0.4 is 10.6 Å². The molecule has 120 valence electrons. The highest BCUT2D eigenvalue weighted by Gasteiger charge is 2.12. The molecule has 1 atom stereocenters. The van der Waals surface area contributed by atoms with Crippen molar-refractivity contribution in [2.45, 2.75) is 13.0 Å². The zero-order valence-electron chi connectivity index (χ0n) is 12.8. The molecule has 0 bridgehead atoms. The lowest BCUT2D eigenvalue weighted by molar-refractivity contribution is 0.0601. The van der Waals surface area contributed by atoms with Gasteiger partial charge in [-0.1, -0.05) is 41.9 Å². The molecule has 2 aromatic rings. The van der Waals surface area contributed by atoms with Gasteiger partial charge in [-0.15, -0.1) is 0 Å². The van der Waals surface area contributed by atoms with Crippen LogP contribution in [0.25, 0.3) is 0 Å². The Morgan fingerprint density at radius 2 is 1.91 bits per heavy atom. The Hall–Kier alpha value is -2.11. The number of esters is 1. The molecule has 0 spiro atoms. The van der Waals surface area contributed by atoms with Crippen LogP contribution in [-0.4, -0.2) is 18.2 Å². The number of rotatable bonds is 4. The standard InChI is InChI=1S/C17H17ClN2O2S/c1-11(12-6-4-3-5-7-12)19-17(23)20-13-8-9-15(18)14(10-13)16(21)22-2/h3-11H,1-2H3,(H2,19,20,23)/t11-/m0/s1. The van der Waals surface area contributed by atoms with E-state index in [2.05, 4.69) is 10.6 Å². The molecule has 0 amide bonds. The van der Waals surface area contributed by atoms with Crippen LogP contribution in [0.2, 0.25) is 5.02 Å². The van der Waals surface area contributed by atoms with Crippen molar-refractivity contribution >= 4 is 40.6 Å². The Balaban J connectivity index is 2.04. The number of hydrogen-bond donors (Lipinski definition) is 2. The molecular formula is C17H17ClN2O2S. The average molecular weight is 349 g/mol. The molecule has 23 heavy (non-hydrogen) atoms. The molecule has 0 fully saturated rings. The van der Waals surface area contributed by atoms with Gasteiger partial charge in [0.25, 0.3) is 0 Å². The SMILES string of the molecule is COC(=O)c1cc(NC(=S)N[C@@H](C)c2ccccc2)ccc1Cl. The molecule has 0 aliphatic rings. The Labute approximate surface area is 145 Å². The lowest BCUT2D eigenvalue weighted by Gasteiger charge is -2.17. The Kier molecular flexibility index (Phi) is 5.96. The smallest absolute Gasteiger partial charge is 0.339 e. The number of thiocarbonyl (C=S) groups is 1. The summed E-state index contributed by atoms with van der Waals surface area (Å²) in [6.45, 7) is 2.02. The Morgan fingerprint density at radius 1 is 1.22 bits per heavy atom. The predicted octanol–water partition coefficient (Wildman–Crippen LogP) is 4.17. The topological polar surface area (TPSA) is 50.4 Å². The molecule has 4 nitrogen and oxygen atoms in total. The normalized spacial score (nSPS) is 11.4. The molecule has 0 saturated carbocycles. The van der Waals surface area contributed by atoms with Crippen LogP contribution in [0.1, 0.15) is 28.9 Å². The van der Waals surface area contributed by atoms with Gasteiger partial charge in [-0.25, -0.2) is 4.79 Å². The monoisotopic (exact) mass is 348 g/mol. The zero-order valence-corrected chi connectivity index (χ0v) is 14.4. The highest BCUT2D eigenvalue weighted by atomic mass is 35.5. The number of carbonyl (C=O) groups excluding carboxylic acids is 1. The maximum absolute atomic E-state index is 11.7. The van der Waals surface area contributed by atoms with Crippen LogP contribution in [0.4, 0.5) is 5.69 Å². The van der Waals surface area contributed by atoms with E-state index in [4.69, 9.17) is 28.6 Å². The van der Waals surface area contributed by atoms with Gasteiger partial charge in [-0.2, -0.15) is 0 Å². The van der Waals surface area contributed by atoms with Gasteiger partial charge in [0.1, 0.15) is 0 Å². The summed E-state index contributed by atoms with van der Waals surface area (Å²) in [6, 6.07) is 15.0. The second-order valence-electron chi connectivity index (χ2n) is 4.92. The van der Waals surface area contributed by atoms with Crippen molar-refractivity contribution in [2.24, 2.45) is 0 Å². The molecule has 0 aliphatic carbocycles. The number of benzene rings is 2. The molecule has 0 radical (unpaired) electrons. The first-order valence-electron chi connectivity index (χ1n) is 7.01. The quantitative estimate of drug-likeness (QED) is 0.641. The fraction of sp³-hybridized carbons (Fsp3) is 0.176. The fourth-order valence-corrected chi connectivity index (χ4v) is 2.55. The van der Waals surface area contributed by atoms with E-state index in [-0.39, 0.29) is 11.6 Å². The summed E-state index contributed by atoms with van der Waals surface area (Å²) in [4.78, 5) is 11.7. The van der Waals surface area contributed by atoms with Crippen LogP contribution in [0, 0.1) is 0 Å². The number of halogens is 1. The molecule has 0 heterocycles. The van der Waals surface area contributed by atoms with Crippen LogP contribution in [0.5, 0.6) is 0 Å². The summed E-state index contributed by atoms with van der Waals surface area (Å²) in [7, 11) is 1.31. The van der Waals surface area contributed by atoms with E-state index in [1.165, 1.54) is 7.11 Å². The summed E-state index contributed by atoms with van der Waals surface area (Å²) in [5.41, 5.74) is 2.08. The summed E-state index contributed by atoms with van der Waals surface area (Å²) in [5, 5.41) is 7.03. The van der Waals surface area contributed by atoms with E-state index >= 15 is 0 Å². The second-order valence-corrected chi connectivity index (χ2v) is 5.73. The lowest BCUT2D eigenvalue weighted by Crippen LogP contribution is -2.30. The third kappa shape index (κ3) is 4.68. The number of carbonyl (C=O) groups is 1. The zero-order chi connectivity index (χ0) is 16.8. The van der Waals surface area contributed by atoms with Crippen molar-refractivity contribution in [1.29, 1.82) is 0 Å². The number of hydrogen-bond acceptors (Lipinski definition) is 3. The van der Waals surface area contributed by atoms with E-state index < -0.39 is 5.97 Å². The van der Waals surface area contributed by atoms with Gasteiger partial charge in [-0.3, -0.25) is 0 Å². The molecule has 2 N–H and O–H groups in total. The summed E-state index contributed by atoms with van der Waals surface area (Å²) in [5.74, 6) is -0.491. The Morgan fingerprint density at radius 3 is 2.57 bits per heavy atom. The van der Waals surface area contributed by atoms with Crippen LogP contribution in [-0.2, 0) is 4.74 Å².